The Morgan fingerprint density at radius 3 is 2.92 bits per heavy atom. The van der Waals surface area contributed by atoms with Crippen LogP contribution in [0.5, 0.6) is 5.75 Å². The summed E-state index contributed by atoms with van der Waals surface area (Å²) in [5.74, 6) is 1.09. The van der Waals surface area contributed by atoms with Gasteiger partial charge >= 0.3 is 0 Å². The number of benzene rings is 1. The monoisotopic (exact) mass is 341 g/mol. The lowest BCUT2D eigenvalue weighted by Crippen LogP contribution is -2.29. The highest BCUT2D eigenvalue weighted by atomic mass is 16.5. The first-order valence-corrected chi connectivity index (χ1v) is 8.69. The zero-order chi connectivity index (χ0) is 17.3. The molecule has 1 N–H and O–H groups in total. The number of ether oxygens (including phenoxy) is 1. The number of hydrogen-bond acceptors (Lipinski definition) is 5. The second-order valence-corrected chi connectivity index (χ2v) is 6.05. The molecule has 1 amide bonds. The quantitative estimate of drug-likeness (QED) is 0.745. The van der Waals surface area contributed by atoms with Gasteiger partial charge in [-0.25, -0.2) is 0 Å². The SMILES string of the molecule is O=C(Cn1nnc(COc2ccccc2)n1)NCCC1=CCCCC1. The summed E-state index contributed by atoms with van der Waals surface area (Å²) in [6.07, 6.45) is 8.09. The van der Waals surface area contributed by atoms with Gasteiger partial charge in [-0.15, -0.1) is 10.2 Å². The van der Waals surface area contributed by atoms with E-state index in [0.29, 0.717) is 12.4 Å². The van der Waals surface area contributed by atoms with Crippen LogP contribution in [0, 0.1) is 0 Å². The van der Waals surface area contributed by atoms with Crippen LogP contribution in [0.15, 0.2) is 42.0 Å². The molecule has 1 aromatic carbocycles. The lowest BCUT2D eigenvalue weighted by Gasteiger charge is -2.12. The van der Waals surface area contributed by atoms with Crippen LogP contribution in [0.2, 0.25) is 0 Å². The fourth-order valence-corrected chi connectivity index (χ4v) is 2.74. The molecule has 0 fully saturated rings. The molecule has 0 saturated heterocycles. The fraction of sp³-hybridized carbons (Fsp3) is 0.444. The average Bonchev–Trinajstić information content (AvgIpc) is 3.09. The predicted octanol–water partition coefficient (Wildman–Crippen LogP) is 2.26. The van der Waals surface area contributed by atoms with Gasteiger partial charge in [-0.2, -0.15) is 4.80 Å². The number of para-hydroxylation sites is 1. The fourth-order valence-electron chi connectivity index (χ4n) is 2.74. The molecule has 7 heteroatoms. The van der Waals surface area contributed by atoms with Crippen molar-refractivity contribution in [3.8, 4) is 5.75 Å². The van der Waals surface area contributed by atoms with Gasteiger partial charge < -0.3 is 10.1 Å². The number of hydrogen-bond donors (Lipinski definition) is 1. The first kappa shape index (κ1) is 17.1. The largest absolute Gasteiger partial charge is 0.485 e. The van der Waals surface area contributed by atoms with Crippen molar-refractivity contribution in [2.24, 2.45) is 0 Å². The minimum absolute atomic E-state index is 0.0668. The summed E-state index contributed by atoms with van der Waals surface area (Å²) in [7, 11) is 0. The molecule has 0 atom stereocenters. The summed E-state index contributed by atoms with van der Waals surface area (Å²) >= 11 is 0. The molecule has 0 aliphatic heterocycles. The summed E-state index contributed by atoms with van der Waals surface area (Å²) in [6.45, 7) is 0.945. The number of allylic oxidation sites excluding steroid dienone is 1. The van der Waals surface area contributed by atoms with Gasteiger partial charge in [-0.05, 0) is 49.5 Å². The van der Waals surface area contributed by atoms with Gasteiger partial charge in [-0.3, -0.25) is 4.79 Å². The number of rotatable bonds is 8. The summed E-state index contributed by atoms with van der Waals surface area (Å²) in [5, 5.41) is 14.9. The van der Waals surface area contributed by atoms with Gasteiger partial charge in [0.1, 0.15) is 12.3 Å². The lowest BCUT2D eigenvalue weighted by molar-refractivity contribution is -0.122. The van der Waals surface area contributed by atoms with Crippen molar-refractivity contribution in [2.45, 2.75) is 45.3 Å². The van der Waals surface area contributed by atoms with Crippen LogP contribution in [0.4, 0.5) is 0 Å². The van der Waals surface area contributed by atoms with Crippen LogP contribution in [0.25, 0.3) is 0 Å². The maximum Gasteiger partial charge on any atom is 0.243 e. The van der Waals surface area contributed by atoms with E-state index in [1.165, 1.54) is 29.6 Å². The van der Waals surface area contributed by atoms with Crippen LogP contribution >= 0.6 is 0 Å². The minimum Gasteiger partial charge on any atom is -0.485 e. The highest BCUT2D eigenvalue weighted by Crippen LogP contribution is 2.19. The van der Waals surface area contributed by atoms with E-state index in [1.807, 2.05) is 30.3 Å². The molecular weight excluding hydrogens is 318 g/mol. The Labute approximate surface area is 147 Å². The van der Waals surface area contributed by atoms with Crippen molar-refractivity contribution < 1.29 is 9.53 Å². The van der Waals surface area contributed by atoms with E-state index in [4.69, 9.17) is 4.74 Å². The number of nitrogens with one attached hydrogen (secondary N) is 1. The topological polar surface area (TPSA) is 81.9 Å². The van der Waals surface area contributed by atoms with Crippen molar-refractivity contribution in [3.05, 3.63) is 47.8 Å². The van der Waals surface area contributed by atoms with Gasteiger partial charge in [0.25, 0.3) is 0 Å². The Bertz CT molecular complexity index is 711. The van der Waals surface area contributed by atoms with E-state index in [1.54, 1.807) is 0 Å². The summed E-state index contributed by atoms with van der Waals surface area (Å²) < 4.78 is 5.56. The van der Waals surface area contributed by atoms with E-state index in [0.717, 1.165) is 18.6 Å². The number of nitrogens with zero attached hydrogens (tertiary/aromatic N) is 4. The Balaban J connectivity index is 1.38. The molecule has 0 radical (unpaired) electrons. The Hall–Kier alpha value is -2.70. The maximum atomic E-state index is 12.0. The second-order valence-electron chi connectivity index (χ2n) is 6.05. The van der Waals surface area contributed by atoms with Gasteiger partial charge in [0.05, 0.1) is 0 Å². The molecule has 0 saturated carbocycles. The van der Waals surface area contributed by atoms with E-state index >= 15 is 0 Å². The first-order valence-electron chi connectivity index (χ1n) is 8.69. The number of carbonyl (C=O) groups is 1. The number of carbonyl (C=O) groups excluding carboxylic acids is 1. The number of amides is 1. The first-order chi connectivity index (χ1) is 12.3. The molecule has 25 heavy (non-hydrogen) atoms. The summed E-state index contributed by atoms with van der Waals surface area (Å²) in [5.41, 5.74) is 1.45. The summed E-state index contributed by atoms with van der Waals surface area (Å²) in [4.78, 5) is 13.2. The molecule has 2 aromatic rings. The van der Waals surface area contributed by atoms with Gasteiger partial charge in [0, 0.05) is 6.54 Å². The van der Waals surface area contributed by atoms with Crippen molar-refractivity contribution >= 4 is 5.91 Å². The van der Waals surface area contributed by atoms with Crippen molar-refractivity contribution in [2.75, 3.05) is 6.54 Å². The van der Waals surface area contributed by atoms with Crippen LogP contribution in [0.3, 0.4) is 0 Å². The molecule has 1 heterocycles. The molecule has 1 aliphatic carbocycles. The third kappa shape index (κ3) is 5.70. The normalized spacial score (nSPS) is 14.0. The molecule has 0 spiro atoms. The minimum atomic E-state index is -0.107. The molecule has 1 aromatic heterocycles. The van der Waals surface area contributed by atoms with Gasteiger partial charge in [0.2, 0.25) is 11.7 Å². The zero-order valence-electron chi connectivity index (χ0n) is 14.2. The molecule has 3 rings (SSSR count). The number of aromatic nitrogens is 4. The zero-order valence-corrected chi connectivity index (χ0v) is 14.2. The van der Waals surface area contributed by atoms with Crippen LogP contribution in [-0.4, -0.2) is 32.7 Å². The Kier molecular flexibility index (Phi) is 6.14. The molecule has 0 bridgehead atoms. The molecule has 132 valence electrons. The van der Waals surface area contributed by atoms with Gasteiger partial charge in [0.15, 0.2) is 6.61 Å². The van der Waals surface area contributed by atoms with E-state index in [2.05, 4.69) is 26.8 Å². The lowest BCUT2D eigenvalue weighted by atomic mass is 9.97. The predicted molar refractivity (Wildman–Crippen MR) is 92.8 cm³/mol. The Morgan fingerprint density at radius 2 is 2.12 bits per heavy atom. The average molecular weight is 341 g/mol. The van der Waals surface area contributed by atoms with E-state index in [9.17, 15) is 4.79 Å². The molecular formula is C18H23N5O2. The van der Waals surface area contributed by atoms with Crippen molar-refractivity contribution in [1.29, 1.82) is 0 Å². The van der Waals surface area contributed by atoms with Gasteiger partial charge in [-0.1, -0.05) is 29.8 Å². The molecule has 1 aliphatic rings. The highest BCUT2D eigenvalue weighted by Gasteiger charge is 2.09. The maximum absolute atomic E-state index is 12.0. The summed E-state index contributed by atoms with van der Waals surface area (Å²) in [6, 6.07) is 9.44. The van der Waals surface area contributed by atoms with Crippen LogP contribution in [0.1, 0.15) is 37.9 Å². The molecule has 7 nitrogen and oxygen atoms in total. The third-order valence-corrected chi connectivity index (χ3v) is 4.04. The highest BCUT2D eigenvalue weighted by molar-refractivity contribution is 5.75. The van der Waals surface area contributed by atoms with Crippen LogP contribution in [-0.2, 0) is 17.9 Å². The van der Waals surface area contributed by atoms with Crippen molar-refractivity contribution in [1.82, 2.24) is 25.5 Å². The van der Waals surface area contributed by atoms with Crippen LogP contribution < -0.4 is 10.1 Å². The van der Waals surface area contributed by atoms with E-state index in [-0.39, 0.29) is 19.1 Å². The second kappa shape index (κ2) is 8.96. The third-order valence-electron chi connectivity index (χ3n) is 4.04. The van der Waals surface area contributed by atoms with Crippen molar-refractivity contribution in [3.63, 3.8) is 0 Å². The van der Waals surface area contributed by atoms with E-state index < -0.39 is 0 Å². The smallest absolute Gasteiger partial charge is 0.243 e. The standard InChI is InChI=1S/C18H23N5O2/c24-18(19-12-11-15-7-3-1-4-8-15)13-23-21-17(20-22-23)14-25-16-9-5-2-6-10-16/h2,5-7,9-10H,1,3-4,8,11-14H2,(H,19,24). The number of tetrazole rings is 1. The Morgan fingerprint density at radius 1 is 1.24 bits per heavy atom. The molecule has 0 unspecified atom stereocenters.